The molecule has 142 valence electrons. The Kier molecular flexibility index (Phi) is 6.59. The lowest BCUT2D eigenvalue weighted by Crippen LogP contribution is -2.30. The highest BCUT2D eigenvalue weighted by molar-refractivity contribution is 5.95. The fourth-order valence-corrected chi connectivity index (χ4v) is 2.55. The number of hydrogen-bond acceptors (Lipinski definition) is 5. The number of halogens is 1. The van der Waals surface area contributed by atoms with E-state index in [0.29, 0.717) is 5.56 Å². The second kappa shape index (κ2) is 8.88. The van der Waals surface area contributed by atoms with Crippen LogP contribution in [-0.2, 0) is 9.53 Å². The van der Waals surface area contributed by atoms with Gasteiger partial charge in [-0.05, 0) is 25.5 Å². The number of amides is 1. The molecule has 1 unspecified atom stereocenters. The summed E-state index contributed by atoms with van der Waals surface area (Å²) < 4.78 is 18.9. The summed E-state index contributed by atoms with van der Waals surface area (Å²) in [7, 11) is 0. The summed E-state index contributed by atoms with van der Waals surface area (Å²) in [4.78, 5) is 34.7. The summed E-state index contributed by atoms with van der Waals surface area (Å²) >= 11 is 0. The van der Waals surface area contributed by atoms with E-state index in [4.69, 9.17) is 4.74 Å². The first-order chi connectivity index (χ1) is 12.8. The average molecular weight is 374 g/mol. The first-order valence-corrected chi connectivity index (χ1v) is 8.29. The number of nitrogens with zero attached hydrogens (tertiary/aromatic N) is 1. The molecule has 0 radical (unpaired) electrons. The molecule has 8 heteroatoms. The number of nitrogens with one attached hydrogen (secondary N) is 1. The number of ether oxygens (including phenoxy) is 1. The van der Waals surface area contributed by atoms with Crippen molar-refractivity contribution in [2.24, 2.45) is 0 Å². The standard InChI is InChI=1S/C19H19FN2O5/c1-3-27-18(23)11-16(13-7-5-4-6-8-13)21-19(24)14-9-15(20)12(2)17(10-14)22(25)26/h4-10,16H,3,11H2,1-2H3,(H,21,24). The van der Waals surface area contributed by atoms with Crippen LogP contribution in [0.25, 0.3) is 0 Å². The molecule has 0 saturated carbocycles. The van der Waals surface area contributed by atoms with Gasteiger partial charge >= 0.3 is 5.97 Å². The summed E-state index contributed by atoms with van der Waals surface area (Å²) in [5.74, 6) is -2.08. The van der Waals surface area contributed by atoms with Crippen LogP contribution in [0, 0.1) is 22.9 Å². The first kappa shape index (κ1) is 20.0. The van der Waals surface area contributed by atoms with Gasteiger partial charge in [0.2, 0.25) is 0 Å². The van der Waals surface area contributed by atoms with E-state index >= 15 is 0 Å². The third-order valence-electron chi connectivity index (χ3n) is 3.96. The highest BCUT2D eigenvalue weighted by Crippen LogP contribution is 2.24. The van der Waals surface area contributed by atoms with Gasteiger partial charge in [-0.25, -0.2) is 4.39 Å². The molecule has 1 N–H and O–H groups in total. The minimum atomic E-state index is -0.851. The van der Waals surface area contributed by atoms with Gasteiger partial charge in [0.15, 0.2) is 0 Å². The fraction of sp³-hybridized carbons (Fsp3) is 0.263. The Bertz CT molecular complexity index is 855. The van der Waals surface area contributed by atoms with E-state index in [2.05, 4.69) is 5.32 Å². The topological polar surface area (TPSA) is 98.5 Å². The van der Waals surface area contributed by atoms with Gasteiger partial charge in [0.05, 0.1) is 29.6 Å². The lowest BCUT2D eigenvalue weighted by Gasteiger charge is -2.18. The molecule has 0 aliphatic carbocycles. The molecular formula is C19H19FN2O5. The van der Waals surface area contributed by atoms with Gasteiger partial charge in [0.1, 0.15) is 5.82 Å². The van der Waals surface area contributed by atoms with Crippen LogP contribution in [0.1, 0.15) is 40.9 Å². The Morgan fingerprint density at radius 3 is 2.52 bits per heavy atom. The Hall–Kier alpha value is -3.29. The molecule has 1 atom stereocenters. The van der Waals surface area contributed by atoms with E-state index in [1.54, 1.807) is 37.3 Å². The Balaban J connectivity index is 2.30. The van der Waals surface area contributed by atoms with Crippen LogP contribution in [-0.4, -0.2) is 23.4 Å². The number of carbonyl (C=O) groups is 2. The van der Waals surface area contributed by atoms with E-state index in [9.17, 15) is 24.1 Å². The van der Waals surface area contributed by atoms with Crippen LogP contribution in [0.4, 0.5) is 10.1 Å². The zero-order chi connectivity index (χ0) is 20.0. The van der Waals surface area contributed by atoms with Gasteiger partial charge in [-0.1, -0.05) is 30.3 Å². The number of esters is 1. The van der Waals surface area contributed by atoms with Crippen molar-refractivity contribution in [1.29, 1.82) is 0 Å². The van der Waals surface area contributed by atoms with E-state index in [-0.39, 0.29) is 24.2 Å². The monoisotopic (exact) mass is 374 g/mol. The van der Waals surface area contributed by atoms with E-state index in [0.717, 1.165) is 12.1 Å². The number of benzene rings is 2. The predicted octanol–water partition coefficient (Wildman–Crippen LogP) is 3.47. The Labute approximate surface area is 155 Å². The second-order valence-electron chi connectivity index (χ2n) is 5.81. The van der Waals surface area contributed by atoms with Gasteiger partial charge in [-0.2, -0.15) is 0 Å². The minimum absolute atomic E-state index is 0.125. The Morgan fingerprint density at radius 1 is 1.26 bits per heavy atom. The van der Waals surface area contributed by atoms with Crippen molar-refractivity contribution in [1.82, 2.24) is 5.32 Å². The largest absolute Gasteiger partial charge is 0.466 e. The highest BCUT2D eigenvalue weighted by Gasteiger charge is 2.23. The predicted molar refractivity (Wildman–Crippen MR) is 95.7 cm³/mol. The molecule has 7 nitrogen and oxygen atoms in total. The van der Waals surface area contributed by atoms with Crippen LogP contribution in [0.2, 0.25) is 0 Å². The molecule has 0 heterocycles. The number of rotatable bonds is 7. The highest BCUT2D eigenvalue weighted by atomic mass is 19.1. The third-order valence-corrected chi connectivity index (χ3v) is 3.96. The number of carbonyl (C=O) groups excluding carboxylic acids is 2. The van der Waals surface area contributed by atoms with Crippen molar-refractivity contribution in [3.63, 3.8) is 0 Å². The van der Waals surface area contributed by atoms with E-state index < -0.39 is 34.3 Å². The van der Waals surface area contributed by atoms with Crippen molar-refractivity contribution in [3.05, 3.63) is 75.1 Å². The van der Waals surface area contributed by atoms with Crippen LogP contribution in [0.15, 0.2) is 42.5 Å². The van der Waals surface area contributed by atoms with Crippen molar-refractivity contribution >= 4 is 17.6 Å². The maximum absolute atomic E-state index is 14.0. The zero-order valence-corrected chi connectivity index (χ0v) is 14.9. The van der Waals surface area contributed by atoms with Gasteiger partial charge in [-0.15, -0.1) is 0 Å². The summed E-state index contributed by atoms with van der Waals surface area (Å²) in [5.41, 5.74) is -0.180. The van der Waals surface area contributed by atoms with Crippen LogP contribution >= 0.6 is 0 Å². The van der Waals surface area contributed by atoms with E-state index in [1.165, 1.54) is 6.92 Å². The zero-order valence-electron chi connectivity index (χ0n) is 14.9. The molecule has 0 saturated heterocycles. The maximum Gasteiger partial charge on any atom is 0.308 e. The molecule has 1 amide bonds. The molecule has 0 aromatic heterocycles. The molecule has 2 aromatic rings. The maximum atomic E-state index is 14.0. The quantitative estimate of drug-likeness (QED) is 0.455. The number of nitro groups is 1. The molecule has 0 spiro atoms. The smallest absolute Gasteiger partial charge is 0.308 e. The summed E-state index contributed by atoms with van der Waals surface area (Å²) in [6.07, 6.45) is -0.125. The first-order valence-electron chi connectivity index (χ1n) is 8.29. The minimum Gasteiger partial charge on any atom is -0.466 e. The number of nitro benzene ring substituents is 1. The Morgan fingerprint density at radius 2 is 1.93 bits per heavy atom. The van der Waals surface area contributed by atoms with Crippen molar-refractivity contribution in [2.75, 3.05) is 6.61 Å². The van der Waals surface area contributed by atoms with Gasteiger partial charge in [0.25, 0.3) is 11.6 Å². The van der Waals surface area contributed by atoms with Gasteiger partial charge in [-0.3, -0.25) is 19.7 Å². The van der Waals surface area contributed by atoms with Gasteiger partial charge < -0.3 is 10.1 Å². The summed E-state index contributed by atoms with van der Waals surface area (Å²) in [5, 5.41) is 13.7. The molecule has 0 fully saturated rings. The molecular weight excluding hydrogens is 355 g/mol. The lowest BCUT2D eigenvalue weighted by atomic mass is 10.0. The summed E-state index contributed by atoms with van der Waals surface area (Å²) in [6, 6.07) is 9.95. The third kappa shape index (κ3) is 5.10. The van der Waals surface area contributed by atoms with Crippen molar-refractivity contribution < 1.29 is 23.6 Å². The molecule has 27 heavy (non-hydrogen) atoms. The second-order valence-corrected chi connectivity index (χ2v) is 5.81. The summed E-state index contributed by atoms with van der Waals surface area (Å²) in [6.45, 7) is 3.13. The molecule has 0 aliphatic rings. The van der Waals surface area contributed by atoms with Gasteiger partial charge in [0, 0.05) is 11.6 Å². The lowest BCUT2D eigenvalue weighted by molar-refractivity contribution is -0.385. The van der Waals surface area contributed by atoms with E-state index in [1.807, 2.05) is 0 Å². The molecule has 2 rings (SSSR count). The van der Waals surface area contributed by atoms with Crippen LogP contribution in [0.3, 0.4) is 0 Å². The number of hydrogen-bond donors (Lipinski definition) is 1. The average Bonchev–Trinajstić information content (AvgIpc) is 2.63. The fourth-order valence-electron chi connectivity index (χ4n) is 2.55. The normalized spacial score (nSPS) is 11.5. The van der Waals surface area contributed by atoms with Crippen LogP contribution < -0.4 is 5.32 Å². The molecule has 0 aliphatic heterocycles. The SMILES string of the molecule is CCOC(=O)CC(NC(=O)c1cc(F)c(C)c([N+](=O)[O-])c1)c1ccccc1. The molecule has 0 bridgehead atoms. The van der Waals surface area contributed by atoms with Crippen molar-refractivity contribution in [3.8, 4) is 0 Å². The van der Waals surface area contributed by atoms with Crippen molar-refractivity contribution in [2.45, 2.75) is 26.3 Å². The molecule has 2 aromatic carbocycles. The van der Waals surface area contributed by atoms with Crippen LogP contribution in [0.5, 0.6) is 0 Å².